The van der Waals surface area contributed by atoms with Gasteiger partial charge in [-0.3, -0.25) is 4.79 Å². The summed E-state index contributed by atoms with van der Waals surface area (Å²) in [5.74, 6) is 0.749. The van der Waals surface area contributed by atoms with Crippen molar-refractivity contribution in [2.45, 2.75) is 52.1 Å². The molecule has 0 aliphatic heterocycles. The van der Waals surface area contributed by atoms with Crippen molar-refractivity contribution in [3.63, 3.8) is 0 Å². The fourth-order valence-corrected chi connectivity index (χ4v) is 3.04. The Morgan fingerprint density at radius 1 is 1.30 bits per heavy atom. The molecule has 0 atom stereocenters. The summed E-state index contributed by atoms with van der Waals surface area (Å²) in [5.41, 5.74) is 1.58. The second-order valence-corrected chi connectivity index (χ2v) is 6.33. The highest BCUT2D eigenvalue weighted by Gasteiger charge is 2.25. The van der Waals surface area contributed by atoms with Crippen molar-refractivity contribution < 1.29 is 9.90 Å². The Kier molecular flexibility index (Phi) is 5.42. The molecule has 0 aliphatic rings. The van der Waals surface area contributed by atoms with Gasteiger partial charge in [0.1, 0.15) is 5.82 Å². The first-order chi connectivity index (χ1) is 10.9. The number of imidazole rings is 1. The fourth-order valence-electron chi connectivity index (χ4n) is 3.04. The van der Waals surface area contributed by atoms with Crippen molar-refractivity contribution in [3.8, 4) is 0 Å². The number of aliphatic hydroxyl groups is 1. The summed E-state index contributed by atoms with van der Waals surface area (Å²) in [6, 6.07) is 5.52. The molecule has 0 spiro atoms. The molecule has 0 saturated heterocycles. The van der Waals surface area contributed by atoms with E-state index in [0.717, 1.165) is 29.7 Å². The summed E-state index contributed by atoms with van der Waals surface area (Å²) in [6.45, 7) is 6.31. The van der Waals surface area contributed by atoms with Crippen LogP contribution >= 0.6 is 0 Å². The number of aromatic nitrogens is 2. The van der Waals surface area contributed by atoms with Crippen LogP contribution < -0.4 is 5.32 Å². The molecule has 5 nitrogen and oxygen atoms in total. The number of nitrogens with one attached hydrogen (secondary N) is 1. The third-order valence-electron chi connectivity index (χ3n) is 4.38. The van der Waals surface area contributed by atoms with E-state index in [4.69, 9.17) is 0 Å². The van der Waals surface area contributed by atoms with Crippen LogP contribution in [0.3, 0.4) is 0 Å². The molecule has 23 heavy (non-hydrogen) atoms. The van der Waals surface area contributed by atoms with Gasteiger partial charge < -0.3 is 15.0 Å². The SMILES string of the molecule is CCCC(O)(CCC)CNC(=O)c1ccc2c(c1)nc(C)n2C. The van der Waals surface area contributed by atoms with Gasteiger partial charge in [0, 0.05) is 19.2 Å². The topological polar surface area (TPSA) is 67.2 Å². The van der Waals surface area contributed by atoms with Crippen molar-refractivity contribution in [2.24, 2.45) is 7.05 Å². The van der Waals surface area contributed by atoms with Crippen LogP contribution in [0.15, 0.2) is 18.2 Å². The minimum Gasteiger partial charge on any atom is -0.388 e. The molecule has 1 heterocycles. The van der Waals surface area contributed by atoms with E-state index in [2.05, 4.69) is 10.3 Å². The lowest BCUT2D eigenvalue weighted by molar-refractivity contribution is 0.0213. The van der Waals surface area contributed by atoms with Gasteiger partial charge in [-0.2, -0.15) is 0 Å². The van der Waals surface area contributed by atoms with E-state index < -0.39 is 5.60 Å². The lowest BCUT2D eigenvalue weighted by Crippen LogP contribution is -2.42. The van der Waals surface area contributed by atoms with Gasteiger partial charge in [0.2, 0.25) is 0 Å². The molecule has 2 rings (SSSR count). The zero-order valence-electron chi connectivity index (χ0n) is 14.5. The van der Waals surface area contributed by atoms with E-state index >= 15 is 0 Å². The maximum Gasteiger partial charge on any atom is 0.251 e. The van der Waals surface area contributed by atoms with E-state index in [1.807, 2.05) is 38.5 Å². The van der Waals surface area contributed by atoms with Gasteiger partial charge in [0.05, 0.1) is 16.6 Å². The summed E-state index contributed by atoms with van der Waals surface area (Å²) in [5, 5.41) is 13.5. The molecule has 0 radical (unpaired) electrons. The molecule has 2 aromatic rings. The quantitative estimate of drug-likeness (QED) is 0.825. The number of nitrogens with zero attached hydrogens (tertiary/aromatic N) is 2. The second-order valence-electron chi connectivity index (χ2n) is 6.33. The van der Waals surface area contributed by atoms with Crippen molar-refractivity contribution >= 4 is 16.9 Å². The summed E-state index contributed by atoms with van der Waals surface area (Å²) in [7, 11) is 1.96. The van der Waals surface area contributed by atoms with Gasteiger partial charge in [-0.1, -0.05) is 26.7 Å². The van der Waals surface area contributed by atoms with Crippen LogP contribution in [0.4, 0.5) is 0 Å². The molecule has 0 bridgehead atoms. The largest absolute Gasteiger partial charge is 0.388 e. The smallest absolute Gasteiger partial charge is 0.251 e. The predicted octanol–water partition coefficient (Wildman–Crippen LogP) is 2.94. The molecule has 0 unspecified atom stereocenters. The number of fused-ring (bicyclic) bond motifs is 1. The lowest BCUT2D eigenvalue weighted by atomic mass is 9.92. The Morgan fingerprint density at radius 3 is 2.57 bits per heavy atom. The van der Waals surface area contributed by atoms with Crippen LogP contribution in [0.25, 0.3) is 11.0 Å². The Hall–Kier alpha value is -1.88. The molecule has 0 saturated carbocycles. The number of rotatable bonds is 7. The molecule has 0 fully saturated rings. The average molecular weight is 317 g/mol. The van der Waals surface area contributed by atoms with Gasteiger partial charge in [-0.15, -0.1) is 0 Å². The Labute approximate surface area is 137 Å². The maximum absolute atomic E-state index is 12.4. The number of hydrogen-bond acceptors (Lipinski definition) is 3. The van der Waals surface area contributed by atoms with Crippen LogP contribution in [0.1, 0.15) is 55.7 Å². The number of carbonyl (C=O) groups is 1. The minimum atomic E-state index is -0.815. The Balaban J connectivity index is 2.11. The minimum absolute atomic E-state index is 0.166. The highest BCUT2D eigenvalue weighted by molar-refractivity contribution is 5.97. The maximum atomic E-state index is 12.4. The third kappa shape index (κ3) is 3.91. The van der Waals surface area contributed by atoms with Crippen LogP contribution in [-0.4, -0.2) is 32.7 Å². The van der Waals surface area contributed by atoms with Crippen molar-refractivity contribution in [2.75, 3.05) is 6.54 Å². The molecule has 1 aromatic carbocycles. The monoisotopic (exact) mass is 317 g/mol. The zero-order chi connectivity index (χ0) is 17.0. The van der Waals surface area contributed by atoms with Crippen LogP contribution in [0, 0.1) is 6.92 Å². The van der Waals surface area contributed by atoms with E-state index in [9.17, 15) is 9.90 Å². The normalized spacial score (nSPS) is 11.9. The van der Waals surface area contributed by atoms with Gasteiger partial charge in [-0.05, 0) is 38.0 Å². The van der Waals surface area contributed by atoms with E-state index in [1.54, 1.807) is 12.1 Å². The Morgan fingerprint density at radius 2 is 1.96 bits per heavy atom. The molecule has 0 aliphatic carbocycles. The fraction of sp³-hybridized carbons (Fsp3) is 0.556. The lowest BCUT2D eigenvalue weighted by Gasteiger charge is -2.27. The van der Waals surface area contributed by atoms with Crippen molar-refractivity contribution in [1.29, 1.82) is 0 Å². The summed E-state index contributed by atoms with van der Waals surface area (Å²) in [6.07, 6.45) is 3.18. The number of aryl methyl sites for hydroxylation is 2. The van der Waals surface area contributed by atoms with Gasteiger partial charge in [0.25, 0.3) is 5.91 Å². The summed E-state index contributed by atoms with van der Waals surface area (Å²) < 4.78 is 2.00. The molecule has 126 valence electrons. The number of amides is 1. The number of hydrogen-bond donors (Lipinski definition) is 2. The van der Waals surface area contributed by atoms with Crippen LogP contribution in [0.5, 0.6) is 0 Å². The van der Waals surface area contributed by atoms with Gasteiger partial charge in [-0.25, -0.2) is 4.98 Å². The highest BCUT2D eigenvalue weighted by atomic mass is 16.3. The molecule has 2 N–H and O–H groups in total. The first-order valence-corrected chi connectivity index (χ1v) is 8.34. The number of benzene rings is 1. The third-order valence-corrected chi connectivity index (χ3v) is 4.38. The van der Waals surface area contributed by atoms with E-state index in [-0.39, 0.29) is 12.5 Å². The van der Waals surface area contributed by atoms with E-state index in [0.29, 0.717) is 18.4 Å². The summed E-state index contributed by atoms with van der Waals surface area (Å²) in [4.78, 5) is 16.8. The van der Waals surface area contributed by atoms with Gasteiger partial charge >= 0.3 is 0 Å². The van der Waals surface area contributed by atoms with E-state index in [1.165, 1.54) is 0 Å². The molecule has 1 amide bonds. The van der Waals surface area contributed by atoms with Crippen molar-refractivity contribution in [1.82, 2.24) is 14.9 Å². The molecule has 5 heteroatoms. The second kappa shape index (κ2) is 7.13. The average Bonchev–Trinajstić information content (AvgIpc) is 2.80. The molecular weight excluding hydrogens is 290 g/mol. The van der Waals surface area contributed by atoms with Crippen molar-refractivity contribution in [3.05, 3.63) is 29.6 Å². The number of carbonyl (C=O) groups excluding carboxylic acids is 1. The standard InChI is InChI=1S/C18H27N3O2/c1-5-9-18(23,10-6-2)12-19-17(22)14-7-8-16-15(11-14)20-13(3)21(16)4/h7-8,11,23H,5-6,9-10,12H2,1-4H3,(H,19,22). The predicted molar refractivity (Wildman–Crippen MR) is 92.6 cm³/mol. The molecular formula is C18H27N3O2. The first kappa shape index (κ1) is 17.5. The Bertz CT molecular complexity index is 685. The highest BCUT2D eigenvalue weighted by Crippen LogP contribution is 2.19. The molecule has 1 aromatic heterocycles. The zero-order valence-corrected chi connectivity index (χ0v) is 14.5. The summed E-state index contributed by atoms with van der Waals surface area (Å²) >= 11 is 0. The van der Waals surface area contributed by atoms with Crippen LogP contribution in [0.2, 0.25) is 0 Å². The van der Waals surface area contributed by atoms with Gasteiger partial charge in [0.15, 0.2) is 0 Å². The first-order valence-electron chi connectivity index (χ1n) is 8.34. The van der Waals surface area contributed by atoms with Crippen LogP contribution in [-0.2, 0) is 7.05 Å².